The van der Waals surface area contributed by atoms with Gasteiger partial charge in [-0.25, -0.2) is 0 Å². The van der Waals surface area contributed by atoms with Crippen LogP contribution in [-0.4, -0.2) is 4.98 Å². The van der Waals surface area contributed by atoms with Crippen LogP contribution in [-0.2, 0) is 0 Å². The molecule has 0 fully saturated rings. The normalized spacial score (nSPS) is 10.4. The number of nitrogens with two attached hydrogens (primary N) is 2. The first-order valence-corrected chi connectivity index (χ1v) is 5.29. The van der Waals surface area contributed by atoms with Crippen LogP contribution in [0.3, 0.4) is 0 Å². The molecular formula is C11H9Cl2N3. The summed E-state index contributed by atoms with van der Waals surface area (Å²) in [5, 5.41) is 1.09. The zero-order valence-corrected chi connectivity index (χ0v) is 9.76. The molecule has 0 amide bonds. The minimum Gasteiger partial charge on any atom is -0.396 e. The molecule has 0 saturated heterocycles. The molecule has 0 saturated carbocycles. The summed E-state index contributed by atoms with van der Waals surface area (Å²) in [5.41, 5.74) is 14.0. The van der Waals surface area contributed by atoms with E-state index in [9.17, 15) is 0 Å². The summed E-state index contributed by atoms with van der Waals surface area (Å²) in [6.45, 7) is 0. The number of hydrogen-bond donors (Lipinski definition) is 2. The highest BCUT2D eigenvalue weighted by Crippen LogP contribution is 2.32. The Morgan fingerprint density at radius 1 is 0.938 bits per heavy atom. The van der Waals surface area contributed by atoms with Gasteiger partial charge in [0.1, 0.15) is 0 Å². The van der Waals surface area contributed by atoms with E-state index in [4.69, 9.17) is 34.7 Å². The van der Waals surface area contributed by atoms with Gasteiger partial charge in [0.2, 0.25) is 0 Å². The summed E-state index contributed by atoms with van der Waals surface area (Å²) in [6.07, 6.45) is 3.14. The highest BCUT2D eigenvalue weighted by atomic mass is 35.5. The van der Waals surface area contributed by atoms with E-state index in [1.807, 2.05) is 0 Å². The highest BCUT2D eigenvalue weighted by molar-refractivity contribution is 6.35. The van der Waals surface area contributed by atoms with Gasteiger partial charge in [0.25, 0.3) is 0 Å². The van der Waals surface area contributed by atoms with E-state index in [0.717, 1.165) is 11.1 Å². The quantitative estimate of drug-likeness (QED) is 0.821. The van der Waals surface area contributed by atoms with Gasteiger partial charge < -0.3 is 11.5 Å². The summed E-state index contributed by atoms with van der Waals surface area (Å²) < 4.78 is 0. The number of nitrogen functional groups attached to an aromatic ring is 2. The van der Waals surface area contributed by atoms with Gasteiger partial charge in [-0.05, 0) is 23.8 Å². The van der Waals surface area contributed by atoms with Crippen molar-refractivity contribution in [2.24, 2.45) is 0 Å². The molecule has 0 aliphatic heterocycles. The Morgan fingerprint density at radius 3 is 2.19 bits per heavy atom. The minimum absolute atomic E-state index is 0.439. The molecule has 1 heterocycles. The van der Waals surface area contributed by atoms with Gasteiger partial charge in [-0.1, -0.05) is 23.2 Å². The third-order valence-corrected chi connectivity index (χ3v) is 2.63. The molecule has 1 aromatic heterocycles. The van der Waals surface area contributed by atoms with E-state index in [1.165, 1.54) is 6.20 Å². The van der Waals surface area contributed by atoms with Gasteiger partial charge in [0, 0.05) is 21.8 Å². The van der Waals surface area contributed by atoms with Crippen LogP contribution in [0, 0.1) is 0 Å². The van der Waals surface area contributed by atoms with Crippen LogP contribution in [0.5, 0.6) is 0 Å². The molecule has 0 radical (unpaired) electrons. The molecule has 0 aliphatic carbocycles. The van der Waals surface area contributed by atoms with Crippen LogP contribution < -0.4 is 11.5 Å². The second kappa shape index (κ2) is 4.20. The van der Waals surface area contributed by atoms with E-state index in [0.29, 0.717) is 21.4 Å². The summed E-state index contributed by atoms with van der Waals surface area (Å²) >= 11 is 11.8. The molecule has 0 spiro atoms. The van der Waals surface area contributed by atoms with Crippen molar-refractivity contribution in [3.05, 3.63) is 40.6 Å². The number of nitrogens with zero attached hydrogens (tertiary/aromatic N) is 1. The Morgan fingerprint density at radius 2 is 1.56 bits per heavy atom. The van der Waals surface area contributed by atoms with Gasteiger partial charge in [0.05, 0.1) is 17.6 Å². The molecule has 2 aromatic rings. The lowest BCUT2D eigenvalue weighted by Crippen LogP contribution is -1.98. The molecule has 0 unspecified atom stereocenters. The molecular weight excluding hydrogens is 245 g/mol. The minimum atomic E-state index is 0.439. The molecule has 1 aromatic carbocycles. The monoisotopic (exact) mass is 253 g/mol. The van der Waals surface area contributed by atoms with E-state index >= 15 is 0 Å². The third kappa shape index (κ3) is 2.05. The third-order valence-electron chi connectivity index (χ3n) is 2.19. The van der Waals surface area contributed by atoms with Crippen LogP contribution in [0.25, 0.3) is 11.1 Å². The Kier molecular flexibility index (Phi) is 2.90. The van der Waals surface area contributed by atoms with Crippen molar-refractivity contribution in [2.45, 2.75) is 0 Å². The van der Waals surface area contributed by atoms with Crippen LogP contribution in [0.4, 0.5) is 11.4 Å². The predicted octanol–water partition coefficient (Wildman–Crippen LogP) is 3.22. The molecule has 82 valence electrons. The van der Waals surface area contributed by atoms with Gasteiger partial charge in [-0.3, -0.25) is 4.98 Å². The standard InChI is InChI=1S/C11H9Cl2N3/c12-7-1-6(2-8(13)3-7)9-4-16-5-10(14)11(9)15/h1-5H,14H2,(H2,15,16). The molecule has 4 N–H and O–H groups in total. The van der Waals surface area contributed by atoms with Crippen molar-refractivity contribution in [1.82, 2.24) is 4.98 Å². The predicted molar refractivity (Wildman–Crippen MR) is 68.5 cm³/mol. The lowest BCUT2D eigenvalue weighted by Gasteiger charge is -2.08. The topological polar surface area (TPSA) is 64.9 Å². The Labute approximate surface area is 103 Å². The van der Waals surface area contributed by atoms with E-state index < -0.39 is 0 Å². The number of rotatable bonds is 1. The zero-order valence-electron chi connectivity index (χ0n) is 8.24. The smallest absolute Gasteiger partial charge is 0.0740 e. The van der Waals surface area contributed by atoms with Gasteiger partial charge in [-0.15, -0.1) is 0 Å². The number of hydrogen-bond acceptors (Lipinski definition) is 3. The number of benzene rings is 1. The van der Waals surface area contributed by atoms with E-state index in [1.54, 1.807) is 24.4 Å². The molecule has 0 bridgehead atoms. The van der Waals surface area contributed by atoms with Crippen LogP contribution in [0.2, 0.25) is 10.0 Å². The fourth-order valence-corrected chi connectivity index (χ4v) is 1.95. The Hall–Kier alpha value is -1.45. The van der Waals surface area contributed by atoms with Crippen molar-refractivity contribution in [3.63, 3.8) is 0 Å². The summed E-state index contributed by atoms with van der Waals surface area (Å²) in [5.74, 6) is 0. The molecule has 5 heteroatoms. The molecule has 3 nitrogen and oxygen atoms in total. The first-order valence-electron chi connectivity index (χ1n) is 4.53. The lowest BCUT2D eigenvalue weighted by atomic mass is 10.1. The van der Waals surface area contributed by atoms with Gasteiger partial charge in [-0.2, -0.15) is 0 Å². The molecule has 2 rings (SSSR count). The number of anilines is 2. The maximum Gasteiger partial charge on any atom is 0.0740 e. The van der Waals surface area contributed by atoms with Crippen molar-refractivity contribution in [3.8, 4) is 11.1 Å². The number of halogens is 2. The maximum absolute atomic E-state index is 5.92. The van der Waals surface area contributed by atoms with Crippen molar-refractivity contribution in [1.29, 1.82) is 0 Å². The first-order chi connectivity index (χ1) is 7.58. The average Bonchev–Trinajstić information content (AvgIpc) is 2.20. The van der Waals surface area contributed by atoms with Crippen LogP contribution >= 0.6 is 23.2 Å². The summed E-state index contributed by atoms with van der Waals surface area (Å²) in [6, 6.07) is 5.18. The second-order valence-corrected chi connectivity index (χ2v) is 4.22. The zero-order chi connectivity index (χ0) is 11.7. The maximum atomic E-state index is 5.92. The fraction of sp³-hybridized carbons (Fsp3) is 0. The first kappa shape index (κ1) is 11.0. The summed E-state index contributed by atoms with van der Waals surface area (Å²) in [4.78, 5) is 3.99. The Bertz CT molecular complexity index is 520. The van der Waals surface area contributed by atoms with Crippen LogP contribution in [0.15, 0.2) is 30.6 Å². The van der Waals surface area contributed by atoms with Crippen LogP contribution in [0.1, 0.15) is 0 Å². The van der Waals surface area contributed by atoms with Crippen molar-refractivity contribution >= 4 is 34.6 Å². The average molecular weight is 254 g/mol. The molecule has 16 heavy (non-hydrogen) atoms. The number of aromatic nitrogens is 1. The SMILES string of the molecule is Nc1cncc(-c2cc(Cl)cc(Cl)c2)c1N. The highest BCUT2D eigenvalue weighted by Gasteiger charge is 2.07. The van der Waals surface area contributed by atoms with E-state index in [-0.39, 0.29) is 0 Å². The second-order valence-electron chi connectivity index (χ2n) is 3.35. The largest absolute Gasteiger partial charge is 0.396 e. The Balaban J connectivity index is 2.63. The van der Waals surface area contributed by atoms with Crippen molar-refractivity contribution in [2.75, 3.05) is 11.5 Å². The fourth-order valence-electron chi connectivity index (χ4n) is 1.43. The van der Waals surface area contributed by atoms with Gasteiger partial charge >= 0.3 is 0 Å². The summed E-state index contributed by atoms with van der Waals surface area (Å²) in [7, 11) is 0. The van der Waals surface area contributed by atoms with Crippen molar-refractivity contribution < 1.29 is 0 Å². The lowest BCUT2D eigenvalue weighted by molar-refractivity contribution is 1.33. The number of pyridine rings is 1. The van der Waals surface area contributed by atoms with E-state index in [2.05, 4.69) is 4.98 Å². The van der Waals surface area contributed by atoms with Gasteiger partial charge in [0.15, 0.2) is 0 Å². The molecule has 0 aliphatic rings. The molecule has 0 atom stereocenters.